The van der Waals surface area contributed by atoms with E-state index in [0.29, 0.717) is 24.2 Å². The first kappa shape index (κ1) is 18.2. The highest BCUT2D eigenvalue weighted by molar-refractivity contribution is 9.10. The van der Waals surface area contributed by atoms with Crippen molar-refractivity contribution in [3.05, 3.63) is 61.8 Å². The maximum Gasteiger partial charge on any atom is 0.347 e. The molecule has 4 aromatic rings. The lowest BCUT2D eigenvalue weighted by Crippen LogP contribution is -2.31. The SMILES string of the molecule is O=c1n(-c2ccc(Br)cc2Cl)c2c(Cl)c3nccn3cc2n1S(=O)(=O)C1CC1. The van der Waals surface area contributed by atoms with E-state index in [1.165, 1.54) is 4.57 Å². The molecule has 0 unspecified atom stereocenters. The fraction of sp³-hybridized carbons (Fsp3) is 0.176. The highest BCUT2D eigenvalue weighted by Gasteiger charge is 2.40. The Morgan fingerprint density at radius 3 is 2.64 bits per heavy atom. The highest BCUT2D eigenvalue weighted by atomic mass is 79.9. The molecule has 28 heavy (non-hydrogen) atoms. The van der Waals surface area contributed by atoms with Gasteiger partial charge >= 0.3 is 5.69 Å². The molecule has 1 aromatic carbocycles. The molecule has 3 heterocycles. The van der Waals surface area contributed by atoms with Crippen molar-refractivity contribution in [3.63, 3.8) is 0 Å². The van der Waals surface area contributed by atoms with Crippen molar-refractivity contribution >= 4 is 65.8 Å². The molecule has 0 amide bonds. The Bertz CT molecular complexity index is 1450. The lowest BCUT2D eigenvalue weighted by molar-refractivity contribution is 0.585. The van der Waals surface area contributed by atoms with E-state index in [1.54, 1.807) is 41.2 Å². The Balaban J connectivity index is 2.00. The molecule has 7 nitrogen and oxygen atoms in total. The zero-order chi connectivity index (χ0) is 19.8. The standard InChI is InChI=1S/C17H11BrCl2N4O3S/c18-9-1-4-12(11(19)7-9)23-15-13(8-22-6-5-21-16(22)14(15)20)24(17(23)25)28(26,27)10-2-3-10/h1,4-8,10H,2-3H2. The van der Waals surface area contributed by atoms with Crippen LogP contribution in [0.15, 0.2) is 46.1 Å². The number of pyridine rings is 1. The number of benzene rings is 1. The zero-order valence-electron chi connectivity index (χ0n) is 14.0. The van der Waals surface area contributed by atoms with Gasteiger partial charge in [0.15, 0.2) is 5.65 Å². The first-order valence-electron chi connectivity index (χ1n) is 8.29. The van der Waals surface area contributed by atoms with Gasteiger partial charge in [-0.25, -0.2) is 18.2 Å². The lowest BCUT2D eigenvalue weighted by atomic mass is 10.3. The number of halogens is 3. The molecule has 0 aliphatic heterocycles. The predicted molar refractivity (Wildman–Crippen MR) is 111 cm³/mol. The van der Waals surface area contributed by atoms with E-state index in [4.69, 9.17) is 23.2 Å². The summed E-state index contributed by atoms with van der Waals surface area (Å²) in [5.74, 6) is 0. The van der Waals surface area contributed by atoms with Crippen molar-refractivity contribution in [2.24, 2.45) is 0 Å². The second-order valence-electron chi connectivity index (χ2n) is 6.56. The van der Waals surface area contributed by atoms with Gasteiger partial charge in [-0.3, -0.25) is 4.57 Å². The molecule has 0 N–H and O–H groups in total. The average Bonchev–Trinajstić information content (AvgIpc) is 3.32. The van der Waals surface area contributed by atoms with Gasteiger partial charge in [0, 0.05) is 23.1 Å². The fourth-order valence-corrected chi connectivity index (χ4v) is 6.12. The Morgan fingerprint density at radius 2 is 1.96 bits per heavy atom. The van der Waals surface area contributed by atoms with Crippen molar-refractivity contribution in [3.8, 4) is 5.69 Å². The minimum absolute atomic E-state index is 0.170. The van der Waals surface area contributed by atoms with E-state index < -0.39 is 21.0 Å². The number of imidazole rings is 2. The normalized spacial score (nSPS) is 15.0. The number of hydrogen-bond donors (Lipinski definition) is 0. The van der Waals surface area contributed by atoms with Crippen molar-refractivity contribution in [2.45, 2.75) is 18.1 Å². The second kappa shape index (κ2) is 6.09. The van der Waals surface area contributed by atoms with Crippen LogP contribution in [-0.2, 0) is 10.0 Å². The number of rotatable bonds is 3. The molecule has 1 aliphatic rings. The molecule has 144 valence electrons. The molecule has 0 atom stereocenters. The zero-order valence-corrected chi connectivity index (χ0v) is 17.9. The summed E-state index contributed by atoms with van der Waals surface area (Å²) in [5.41, 5.74) is 0.450. The van der Waals surface area contributed by atoms with Gasteiger partial charge < -0.3 is 4.40 Å². The van der Waals surface area contributed by atoms with Crippen LogP contribution in [0.2, 0.25) is 10.0 Å². The molecule has 0 bridgehead atoms. The van der Waals surface area contributed by atoms with Gasteiger partial charge in [-0.2, -0.15) is 3.97 Å². The van der Waals surface area contributed by atoms with Crippen LogP contribution >= 0.6 is 39.1 Å². The van der Waals surface area contributed by atoms with Crippen LogP contribution in [0.5, 0.6) is 0 Å². The average molecular weight is 502 g/mol. The van der Waals surface area contributed by atoms with Crippen molar-refractivity contribution in [1.29, 1.82) is 0 Å². The molecule has 0 saturated heterocycles. The smallest absolute Gasteiger partial charge is 0.304 e. The first-order valence-corrected chi connectivity index (χ1v) is 11.3. The number of aromatic nitrogens is 4. The minimum Gasteiger partial charge on any atom is -0.304 e. The van der Waals surface area contributed by atoms with Gasteiger partial charge in [-0.05, 0) is 31.0 Å². The summed E-state index contributed by atoms with van der Waals surface area (Å²) < 4.78 is 30.5. The van der Waals surface area contributed by atoms with Crippen LogP contribution < -0.4 is 5.69 Å². The van der Waals surface area contributed by atoms with Crippen molar-refractivity contribution < 1.29 is 8.42 Å². The summed E-state index contributed by atoms with van der Waals surface area (Å²) in [5, 5.41) is -0.121. The molecule has 5 rings (SSSR count). The summed E-state index contributed by atoms with van der Waals surface area (Å²) in [6.45, 7) is 0. The van der Waals surface area contributed by atoms with E-state index in [-0.39, 0.29) is 21.1 Å². The molecule has 0 radical (unpaired) electrons. The monoisotopic (exact) mass is 500 g/mol. The number of hydrogen-bond acceptors (Lipinski definition) is 4. The van der Waals surface area contributed by atoms with E-state index in [1.807, 2.05) is 0 Å². The van der Waals surface area contributed by atoms with Gasteiger partial charge in [0.2, 0.25) is 10.0 Å². The molecule has 1 aliphatic carbocycles. The predicted octanol–water partition coefficient (Wildman–Crippen LogP) is 3.85. The van der Waals surface area contributed by atoms with Crippen LogP contribution in [-0.4, -0.2) is 31.6 Å². The van der Waals surface area contributed by atoms with Gasteiger partial charge in [-0.1, -0.05) is 39.1 Å². The molecule has 0 spiro atoms. The first-order chi connectivity index (χ1) is 13.3. The summed E-state index contributed by atoms with van der Waals surface area (Å²) in [6.07, 6.45) is 5.80. The largest absolute Gasteiger partial charge is 0.347 e. The van der Waals surface area contributed by atoms with Gasteiger partial charge in [0.05, 0.1) is 21.5 Å². The maximum absolute atomic E-state index is 13.3. The van der Waals surface area contributed by atoms with Crippen LogP contribution in [0.1, 0.15) is 12.8 Å². The minimum atomic E-state index is -3.86. The fourth-order valence-electron chi connectivity index (χ4n) is 3.30. The summed E-state index contributed by atoms with van der Waals surface area (Å²) >= 11 is 16.3. The molecule has 3 aromatic heterocycles. The van der Waals surface area contributed by atoms with E-state index >= 15 is 0 Å². The third-order valence-electron chi connectivity index (χ3n) is 4.74. The van der Waals surface area contributed by atoms with Crippen LogP contribution in [0.3, 0.4) is 0 Å². The molecule has 1 fully saturated rings. The lowest BCUT2D eigenvalue weighted by Gasteiger charge is -2.08. The van der Waals surface area contributed by atoms with Crippen LogP contribution in [0.25, 0.3) is 22.4 Å². The second-order valence-corrected chi connectivity index (χ2v) is 10.3. The topological polar surface area (TPSA) is 78.4 Å². The van der Waals surface area contributed by atoms with Crippen LogP contribution in [0.4, 0.5) is 0 Å². The van der Waals surface area contributed by atoms with E-state index in [0.717, 1.165) is 8.45 Å². The summed E-state index contributed by atoms with van der Waals surface area (Å²) in [6, 6.07) is 4.98. The molecular formula is C17H11BrCl2N4O3S. The Kier molecular flexibility index (Phi) is 3.97. The quantitative estimate of drug-likeness (QED) is 0.427. The maximum atomic E-state index is 13.3. The van der Waals surface area contributed by atoms with Gasteiger partial charge in [0.1, 0.15) is 10.5 Å². The Hall–Kier alpha value is -1.81. The molecule has 11 heteroatoms. The molecule has 1 saturated carbocycles. The number of fused-ring (bicyclic) bond motifs is 2. The van der Waals surface area contributed by atoms with Crippen LogP contribution in [0, 0.1) is 0 Å². The highest BCUT2D eigenvalue weighted by Crippen LogP contribution is 2.35. The van der Waals surface area contributed by atoms with E-state index in [2.05, 4.69) is 20.9 Å². The van der Waals surface area contributed by atoms with Crippen molar-refractivity contribution in [1.82, 2.24) is 17.9 Å². The number of nitrogens with zero attached hydrogens (tertiary/aromatic N) is 4. The van der Waals surface area contributed by atoms with E-state index in [9.17, 15) is 13.2 Å². The third kappa shape index (κ3) is 2.50. The third-order valence-corrected chi connectivity index (χ3v) is 8.05. The van der Waals surface area contributed by atoms with Crippen molar-refractivity contribution in [2.75, 3.05) is 0 Å². The van der Waals surface area contributed by atoms with Gasteiger partial charge in [0.25, 0.3) is 0 Å². The summed E-state index contributed by atoms with van der Waals surface area (Å²) in [4.78, 5) is 17.6. The Labute approximate surface area is 177 Å². The Morgan fingerprint density at radius 1 is 1.21 bits per heavy atom. The van der Waals surface area contributed by atoms with Gasteiger partial charge in [-0.15, -0.1) is 0 Å². The molecular weight excluding hydrogens is 491 g/mol. The summed E-state index contributed by atoms with van der Waals surface area (Å²) in [7, 11) is -3.86.